The molecular weight excluding hydrogens is 479 g/mol. The largest absolute Gasteiger partial charge is 0.352 e. The average molecular weight is 511 g/mol. The lowest BCUT2D eigenvalue weighted by Crippen LogP contribution is -2.51. The van der Waals surface area contributed by atoms with E-state index in [4.69, 9.17) is 23.2 Å². The molecule has 1 fully saturated rings. The first-order chi connectivity index (χ1) is 17.0. The number of hydrogen-bond donors (Lipinski definition) is 1. The average Bonchev–Trinajstić information content (AvgIpc) is 3.37. The van der Waals surface area contributed by atoms with Gasteiger partial charge in [-0.2, -0.15) is 0 Å². The van der Waals surface area contributed by atoms with Crippen LogP contribution in [0.2, 0.25) is 10.0 Å². The smallest absolute Gasteiger partial charge is 0.243 e. The number of amides is 2. The molecule has 0 heterocycles. The van der Waals surface area contributed by atoms with Crippen LogP contribution in [0.5, 0.6) is 0 Å². The summed E-state index contributed by atoms with van der Waals surface area (Å²) in [6.07, 6.45) is 5.76. The molecule has 0 aromatic heterocycles. The zero-order valence-electron chi connectivity index (χ0n) is 20.1. The molecular formula is C29H32Cl2N2O2. The maximum absolute atomic E-state index is 13.6. The molecule has 0 bridgehead atoms. The number of rotatable bonds is 9. The minimum Gasteiger partial charge on any atom is -0.352 e. The summed E-state index contributed by atoms with van der Waals surface area (Å²) in [6, 6.07) is 19.4. The molecule has 35 heavy (non-hydrogen) atoms. The van der Waals surface area contributed by atoms with Crippen molar-refractivity contribution in [3.63, 3.8) is 0 Å². The van der Waals surface area contributed by atoms with Gasteiger partial charge in [0.25, 0.3) is 0 Å². The van der Waals surface area contributed by atoms with Crippen molar-refractivity contribution in [2.75, 3.05) is 0 Å². The Balaban J connectivity index is 1.55. The van der Waals surface area contributed by atoms with Gasteiger partial charge in [0.1, 0.15) is 6.04 Å². The highest BCUT2D eigenvalue weighted by Crippen LogP contribution is 2.26. The lowest BCUT2D eigenvalue weighted by atomic mass is 10.00. The second-order valence-corrected chi connectivity index (χ2v) is 10.1. The quantitative estimate of drug-likeness (QED) is 0.338. The second kappa shape index (κ2) is 11.9. The minimum absolute atomic E-state index is 0.0440. The third kappa shape index (κ3) is 6.36. The van der Waals surface area contributed by atoms with E-state index >= 15 is 0 Å². The lowest BCUT2D eigenvalue weighted by Gasteiger charge is -2.31. The van der Waals surface area contributed by atoms with Crippen LogP contribution in [0.25, 0.3) is 10.8 Å². The third-order valence-electron chi connectivity index (χ3n) is 6.91. The molecule has 1 aliphatic rings. The van der Waals surface area contributed by atoms with Crippen molar-refractivity contribution in [2.45, 2.75) is 70.5 Å². The zero-order valence-corrected chi connectivity index (χ0v) is 21.6. The fourth-order valence-corrected chi connectivity index (χ4v) is 5.34. The summed E-state index contributed by atoms with van der Waals surface area (Å²) in [6.45, 7) is 2.26. The van der Waals surface area contributed by atoms with E-state index in [-0.39, 0.29) is 17.9 Å². The highest BCUT2D eigenvalue weighted by Gasteiger charge is 2.30. The van der Waals surface area contributed by atoms with Crippen LogP contribution in [0.4, 0.5) is 0 Å². The Bertz CT molecular complexity index is 1190. The molecule has 1 saturated carbocycles. The molecule has 3 aromatic rings. The summed E-state index contributed by atoms with van der Waals surface area (Å²) >= 11 is 12.4. The van der Waals surface area contributed by atoms with E-state index in [0.717, 1.165) is 47.6 Å². The number of hydrogen-bond acceptors (Lipinski definition) is 2. The monoisotopic (exact) mass is 510 g/mol. The van der Waals surface area contributed by atoms with E-state index in [1.807, 2.05) is 31.2 Å². The maximum Gasteiger partial charge on any atom is 0.243 e. The van der Waals surface area contributed by atoms with Crippen LogP contribution in [0.1, 0.15) is 56.6 Å². The molecule has 1 N–H and O–H groups in total. The fraction of sp³-hybridized carbons (Fsp3) is 0.379. The van der Waals surface area contributed by atoms with Crippen molar-refractivity contribution < 1.29 is 9.59 Å². The Morgan fingerprint density at radius 2 is 1.74 bits per heavy atom. The predicted molar refractivity (Wildman–Crippen MR) is 144 cm³/mol. The van der Waals surface area contributed by atoms with Crippen LogP contribution in [-0.4, -0.2) is 28.8 Å². The van der Waals surface area contributed by atoms with Gasteiger partial charge >= 0.3 is 0 Å². The van der Waals surface area contributed by atoms with Crippen molar-refractivity contribution in [3.8, 4) is 0 Å². The van der Waals surface area contributed by atoms with E-state index in [0.29, 0.717) is 35.9 Å². The summed E-state index contributed by atoms with van der Waals surface area (Å²) in [4.78, 5) is 28.6. The molecule has 0 saturated heterocycles. The summed E-state index contributed by atoms with van der Waals surface area (Å²) < 4.78 is 0. The number of aryl methyl sites for hydroxylation is 1. The molecule has 0 unspecified atom stereocenters. The number of fused-ring (bicyclic) bond motifs is 1. The highest BCUT2D eigenvalue weighted by molar-refractivity contribution is 6.42. The first kappa shape index (κ1) is 25.5. The number of benzene rings is 3. The third-order valence-corrected chi connectivity index (χ3v) is 7.65. The molecule has 0 aliphatic heterocycles. The fourth-order valence-electron chi connectivity index (χ4n) is 5.02. The Labute approximate surface area is 217 Å². The Hall–Kier alpha value is -2.56. The summed E-state index contributed by atoms with van der Waals surface area (Å²) in [5.74, 6) is -0.115. The first-order valence-electron chi connectivity index (χ1n) is 12.5. The van der Waals surface area contributed by atoms with Crippen molar-refractivity contribution in [1.29, 1.82) is 0 Å². The van der Waals surface area contributed by atoms with E-state index in [2.05, 4.69) is 29.6 Å². The summed E-state index contributed by atoms with van der Waals surface area (Å²) in [7, 11) is 0. The van der Waals surface area contributed by atoms with Crippen LogP contribution in [0.3, 0.4) is 0 Å². The highest BCUT2D eigenvalue weighted by atomic mass is 35.5. The van der Waals surface area contributed by atoms with Gasteiger partial charge in [0.2, 0.25) is 11.8 Å². The Kier molecular flexibility index (Phi) is 8.69. The SMILES string of the molecule is CC[C@@H](C(=O)NC1CCCC1)N(Cc1ccc(Cl)c(Cl)c1)C(=O)CCc1cccc2ccccc12. The molecule has 1 atom stereocenters. The number of nitrogens with one attached hydrogen (secondary N) is 1. The van der Waals surface area contributed by atoms with Gasteiger partial charge in [-0.1, -0.05) is 91.5 Å². The van der Waals surface area contributed by atoms with Crippen molar-refractivity contribution in [2.24, 2.45) is 0 Å². The van der Waals surface area contributed by atoms with E-state index in [9.17, 15) is 9.59 Å². The Morgan fingerprint density at radius 1 is 1.00 bits per heavy atom. The molecule has 4 nitrogen and oxygen atoms in total. The van der Waals surface area contributed by atoms with Crippen LogP contribution in [0, 0.1) is 0 Å². The van der Waals surface area contributed by atoms with Gasteiger partial charge in [0.15, 0.2) is 0 Å². The number of carbonyl (C=O) groups excluding carboxylic acids is 2. The molecule has 0 spiro atoms. The summed E-state index contributed by atoms with van der Waals surface area (Å²) in [5, 5.41) is 6.41. The van der Waals surface area contributed by atoms with Crippen molar-refractivity contribution in [1.82, 2.24) is 10.2 Å². The van der Waals surface area contributed by atoms with Gasteiger partial charge in [-0.05, 0) is 59.7 Å². The van der Waals surface area contributed by atoms with E-state index in [1.165, 1.54) is 0 Å². The lowest BCUT2D eigenvalue weighted by molar-refractivity contribution is -0.141. The predicted octanol–water partition coefficient (Wildman–Crippen LogP) is 6.95. The molecule has 184 valence electrons. The van der Waals surface area contributed by atoms with Gasteiger partial charge in [-0.15, -0.1) is 0 Å². The van der Waals surface area contributed by atoms with Crippen molar-refractivity contribution >= 4 is 45.8 Å². The van der Waals surface area contributed by atoms with Gasteiger partial charge in [-0.25, -0.2) is 0 Å². The molecule has 0 radical (unpaired) electrons. The topological polar surface area (TPSA) is 49.4 Å². The molecule has 1 aliphatic carbocycles. The van der Waals surface area contributed by atoms with E-state index in [1.54, 1.807) is 17.0 Å². The first-order valence-corrected chi connectivity index (χ1v) is 13.2. The molecule has 4 rings (SSSR count). The van der Waals surface area contributed by atoms with Gasteiger partial charge in [0.05, 0.1) is 10.0 Å². The van der Waals surface area contributed by atoms with Crippen LogP contribution in [-0.2, 0) is 22.6 Å². The van der Waals surface area contributed by atoms with Crippen LogP contribution >= 0.6 is 23.2 Å². The van der Waals surface area contributed by atoms with Crippen LogP contribution in [0.15, 0.2) is 60.7 Å². The number of halogens is 2. The van der Waals surface area contributed by atoms with Gasteiger partial charge < -0.3 is 10.2 Å². The number of nitrogens with zero attached hydrogens (tertiary/aromatic N) is 1. The van der Waals surface area contributed by atoms with Gasteiger partial charge in [-0.3, -0.25) is 9.59 Å². The Morgan fingerprint density at radius 3 is 2.49 bits per heavy atom. The second-order valence-electron chi connectivity index (χ2n) is 9.32. The normalized spacial score (nSPS) is 14.7. The minimum atomic E-state index is -0.537. The molecule has 2 amide bonds. The van der Waals surface area contributed by atoms with Gasteiger partial charge in [0, 0.05) is 19.0 Å². The van der Waals surface area contributed by atoms with Crippen molar-refractivity contribution in [3.05, 3.63) is 81.8 Å². The summed E-state index contributed by atoms with van der Waals surface area (Å²) in [5.41, 5.74) is 1.99. The molecule has 3 aromatic carbocycles. The standard InChI is InChI=1S/C29H32Cl2N2O2/c1-2-27(29(35)32-23-11-4-5-12-23)33(19-20-14-16-25(30)26(31)18-20)28(34)17-15-22-10-7-9-21-8-3-6-13-24(21)22/h3,6-10,13-14,16,18,23,27H,2,4-5,11-12,15,17,19H2,1H3,(H,32,35)/t27-/m0/s1. The zero-order chi connectivity index (χ0) is 24.8. The van der Waals surface area contributed by atoms with E-state index < -0.39 is 6.04 Å². The number of carbonyl (C=O) groups is 2. The molecule has 6 heteroatoms. The van der Waals surface area contributed by atoms with Crippen LogP contribution < -0.4 is 5.32 Å². The maximum atomic E-state index is 13.6.